The molecule has 0 radical (unpaired) electrons. The number of hydrogen-bond donors (Lipinski definition) is 1. The number of amides is 3. The molecule has 8 heteroatoms. The van der Waals surface area contributed by atoms with Crippen molar-refractivity contribution in [1.29, 1.82) is 0 Å². The maximum absolute atomic E-state index is 13.1. The minimum absolute atomic E-state index is 0.157. The summed E-state index contributed by atoms with van der Waals surface area (Å²) in [6.45, 7) is 7.43. The number of rotatable bonds is 7. The molecule has 0 aliphatic carbocycles. The van der Waals surface area contributed by atoms with E-state index >= 15 is 0 Å². The zero-order chi connectivity index (χ0) is 20.1. The van der Waals surface area contributed by atoms with Crippen molar-refractivity contribution in [2.45, 2.75) is 13.8 Å². The summed E-state index contributed by atoms with van der Waals surface area (Å²) >= 11 is 1.40. The van der Waals surface area contributed by atoms with Crippen molar-refractivity contribution in [1.82, 2.24) is 9.80 Å². The average molecular weight is 404 g/mol. The van der Waals surface area contributed by atoms with E-state index < -0.39 is 0 Å². The van der Waals surface area contributed by atoms with Gasteiger partial charge in [0, 0.05) is 38.8 Å². The van der Waals surface area contributed by atoms with E-state index in [4.69, 9.17) is 4.74 Å². The fourth-order valence-electron chi connectivity index (χ4n) is 3.28. The molecule has 150 valence electrons. The molecule has 0 saturated carbocycles. The van der Waals surface area contributed by atoms with Crippen molar-refractivity contribution in [2.24, 2.45) is 0 Å². The number of morpholine rings is 1. The molecule has 0 unspecified atom stereocenters. The van der Waals surface area contributed by atoms with Crippen LogP contribution < -0.4 is 5.32 Å². The number of hydrogen-bond acceptors (Lipinski definition) is 6. The van der Waals surface area contributed by atoms with E-state index in [1.165, 1.54) is 23.6 Å². The van der Waals surface area contributed by atoms with Gasteiger partial charge in [0.2, 0.25) is 5.91 Å². The number of anilines is 1. The summed E-state index contributed by atoms with van der Waals surface area (Å²) < 4.78 is 5.34. The molecular weight excluding hydrogens is 378 g/mol. The highest BCUT2D eigenvalue weighted by Crippen LogP contribution is 2.36. The molecule has 3 rings (SSSR count). The van der Waals surface area contributed by atoms with Gasteiger partial charge in [-0.1, -0.05) is 19.1 Å². The van der Waals surface area contributed by atoms with E-state index in [9.17, 15) is 14.4 Å². The summed E-state index contributed by atoms with van der Waals surface area (Å²) in [7, 11) is 0. The molecule has 28 heavy (non-hydrogen) atoms. The summed E-state index contributed by atoms with van der Waals surface area (Å²) in [5.74, 6) is 0.0854. The Morgan fingerprint density at radius 1 is 1.11 bits per heavy atom. The summed E-state index contributed by atoms with van der Waals surface area (Å²) in [5.41, 5.74) is 1.80. The number of imide groups is 1. The van der Waals surface area contributed by atoms with Crippen molar-refractivity contribution in [3.8, 4) is 0 Å². The molecule has 2 heterocycles. The second kappa shape index (κ2) is 9.36. The van der Waals surface area contributed by atoms with Gasteiger partial charge in [-0.05, 0) is 23.4 Å². The fourth-order valence-corrected chi connectivity index (χ4v) is 4.15. The molecule has 2 aliphatic heterocycles. The first kappa shape index (κ1) is 20.6. The number of carbonyl (C=O) groups is 3. The first-order valence-corrected chi connectivity index (χ1v) is 10.4. The number of nitrogens with zero attached hydrogens (tertiary/aromatic N) is 2. The third-order valence-electron chi connectivity index (χ3n) is 4.65. The second-order valence-electron chi connectivity index (χ2n) is 6.61. The van der Waals surface area contributed by atoms with Crippen LogP contribution in [0.1, 0.15) is 19.4 Å². The van der Waals surface area contributed by atoms with Crippen LogP contribution in [0.25, 0.3) is 5.57 Å². The number of thioether (sulfide) groups is 1. The molecule has 2 aliphatic rings. The monoisotopic (exact) mass is 403 g/mol. The minimum atomic E-state index is -0.249. The predicted molar refractivity (Wildman–Crippen MR) is 110 cm³/mol. The fraction of sp³-hybridized carbons (Fsp3) is 0.450. The van der Waals surface area contributed by atoms with Crippen LogP contribution in [-0.4, -0.2) is 72.7 Å². The van der Waals surface area contributed by atoms with E-state index in [0.29, 0.717) is 53.8 Å². The average Bonchev–Trinajstić information content (AvgIpc) is 2.91. The molecule has 1 saturated heterocycles. The molecule has 7 nitrogen and oxygen atoms in total. The lowest BCUT2D eigenvalue weighted by Gasteiger charge is -2.28. The molecule has 0 aromatic heterocycles. The van der Waals surface area contributed by atoms with E-state index in [0.717, 1.165) is 13.1 Å². The first-order chi connectivity index (χ1) is 13.5. The van der Waals surface area contributed by atoms with Gasteiger partial charge in [0.1, 0.15) is 0 Å². The van der Waals surface area contributed by atoms with E-state index in [-0.39, 0.29) is 17.7 Å². The van der Waals surface area contributed by atoms with Gasteiger partial charge in [-0.3, -0.25) is 24.2 Å². The Bertz CT molecular complexity index is 785. The van der Waals surface area contributed by atoms with Crippen LogP contribution in [-0.2, 0) is 19.1 Å². The Balaban J connectivity index is 1.78. The van der Waals surface area contributed by atoms with Crippen LogP contribution in [0.5, 0.6) is 0 Å². The Kier molecular flexibility index (Phi) is 6.88. The van der Waals surface area contributed by atoms with E-state index in [1.807, 2.05) is 6.92 Å². The first-order valence-electron chi connectivity index (χ1n) is 9.42. The van der Waals surface area contributed by atoms with E-state index in [2.05, 4.69) is 10.2 Å². The smallest absolute Gasteiger partial charge is 0.268 e. The molecule has 1 aromatic carbocycles. The van der Waals surface area contributed by atoms with Crippen LogP contribution in [0.15, 0.2) is 29.2 Å². The van der Waals surface area contributed by atoms with Crippen LogP contribution >= 0.6 is 11.8 Å². The van der Waals surface area contributed by atoms with Gasteiger partial charge in [0.25, 0.3) is 11.8 Å². The SMILES string of the molecule is CCSC1=C(c2ccc(NC(C)=O)cc2)C(=O)N(CCN2CCOCC2)C1=O. The summed E-state index contributed by atoms with van der Waals surface area (Å²) in [6, 6.07) is 7.03. The second-order valence-corrected chi connectivity index (χ2v) is 7.89. The van der Waals surface area contributed by atoms with E-state index in [1.54, 1.807) is 24.3 Å². The summed E-state index contributed by atoms with van der Waals surface area (Å²) in [5, 5.41) is 2.71. The lowest BCUT2D eigenvalue weighted by atomic mass is 10.1. The van der Waals surface area contributed by atoms with Gasteiger partial charge >= 0.3 is 0 Å². The Hall–Kier alpha value is -2.16. The van der Waals surface area contributed by atoms with Crippen LogP contribution in [0.4, 0.5) is 5.69 Å². The van der Waals surface area contributed by atoms with Crippen molar-refractivity contribution in [2.75, 3.05) is 50.5 Å². The number of benzene rings is 1. The lowest BCUT2D eigenvalue weighted by Crippen LogP contribution is -2.43. The number of nitrogens with one attached hydrogen (secondary N) is 1. The Labute approximate surface area is 169 Å². The van der Waals surface area contributed by atoms with Gasteiger partial charge in [-0.15, -0.1) is 11.8 Å². The zero-order valence-corrected chi connectivity index (χ0v) is 17.0. The topological polar surface area (TPSA) is 79.0 Å². The van der Waals surface area contributed by atoms with Gasteiger partial charge in [-0.2, -0.15) is 0 Å². The molecular formula is C20H25N3O4S. The van der Waals surface area contributed by atoms with Crippen molar-refractivity contribution >= 4 is 40.7 Å². The Morgan fingerprint density at radius 3 is 2.39 bits per heavy atom. The highest BCUT2D eigenvalue weighted by Gasteiger charge is 2.38. The van der Waals surface area contributed by atoms with Crippen molar-refractivity contribution < 1.29 is 19.1 Å². The lowest BCUT2D eigenvalue weighted by molar-refractivity contribution is -0.136. The molecule has 0 bridgehead atoms. The van der Waals surface area contributed by atoms with Gasteiger partial charge in [0.15, 0.2) is 0 Å². The molecule has 3 amide bonds. The Morgan fingerprint density at radius 2 is 1.79 bits per heavy atom. The van der Waals surface area contributed by atoms with Gasteiger partial charge < -0.3 is 10.1 Å². The van der Waals surface area contributed by atoms with Crippen molar-refractivity contribution in [3.63, 3.8) is 0 Å². The summed E-state index contributed by atoms with van der Waals surface area (Å²) in [6.07, 6.45) is 0. The highest BCUT2D eigenvalue weighted by atomic mass is 32.2. The third kappa shape index (κ3) is 4.63. The maximum atomic E-state index is 13.1. The van der Waals surface area contributed by atoms with Crippen LogP contribution in [0.3, 0.4) is 0 Å². The van der Waals surface area contributed by atoms with Gasteiger partial charge in [-0.25, -0.2) is 0 Å². The van der Waals surface area contributed by atoms with Crippen LogP contribution in [0.2, 0.25) is 0 Å². The molecule has 0 spiro atoms. The normalized spacial score (nSPS) is 18.1. The molecule has 1 N–H and O–H groups in total. The summed E-state index contributed by atoms with van der Waals surface area (Å²) in [4.78, 5) is 41.2. The minimum Gasteiger partial charge on any atom is -0.379 e. The predicted octanol–water partition coefficient (Wildman–Crippen LogP) is 1.81. The third-order valence-corrected chi connectivity index (χ3v) is 5.61. The molecule has 1 aromatic rings. The van der Waals surface area contributed by atoms with Crippen LogP contribution in [0, 0.1) is 0 Å². The standard InChI is InChI=1S/C20H25N3O4S/c1-3-28-18-17(15-4-6-16(7-5-15)21-14(2)24)19(25)23(20(18)26)9-8-22-10-12-27-13-11-22/h4-7H,3,8-13H2,1-2H3,(H,21,24). The number of ether oxygens (including phenoxy) is 1. The van der Waals surface area contributed by atoms with Gasteiger partial charge in [0.05, 0.1) is 23.7 Å². The molecule has 0 atom stereocenters. The quantitative estimate of drug-likeness (QED) is 0.700. The zero-order valence-electron chi connectivity index (χ0n) is 16.2. The molecule has 1 fully saturated rings. The largest absolute Gasteiger partial charge is 0.379 e. The van der Waals surface area contributed by atoms with Crippen molar-refractivity contribution in [3.05, 3.63) is 34.7 Å². The maximum Gasteiger partial charge on any atom is 0.268 e. The number of carbonyl (C=O) groups excluding carboxylic acids is 3. The highest BCUT2D eigenvalue weighted by molar-refractivity contribution is 8.04.